The smallest absolute Gasteiger partial charge is 0.332 e. The first kappa shape index (κ1) is 14.3. The highest BCUT2D eigenvalue weighted by atomic mass is 79.9. The summed E-state index contributed by atoms with van der Waals surface area (Å²) < 4.78 is 11.2. The highest BCUT2D eigenvalue weighted by Crippen LogP contribution is 2.27. The Morgan fingerprint density at radius 2 is 2.24 bits per heavy atom. The van der Waals surface area contributed by atoms with E-state index in [9.17, 15) is 4.79 Å². The maximum atomic E-state index is 10.5. The Morgan fingerprint density at radius 1 is 1.53 bits per heavy atom. The fraction of sp³-hybridized carbons (Fsp3) is 0.364. The van der Waals surface area contributed by atoms with Crippen molar-refractivity contribution in [3.63, 3.8) is 0 Å². The van der Waals surface area contributed by atoms with Crippen molar-refractivity contribution in [1.29, 1.82) is 0 Å². The van der Waals surface area contributed by atoms with Crippen LogP contribution in [0.2, 0.25) is 5.02 Å². The zero-order valence-corrected chi connectivity index (χ0v) is 11.5. The Bertz CT molecular complexity index is 397. The lowest BCUT2D eigenvalue weighted by Crippen LogP contribution is -2.22. The van der Waals surface area contributed by atoms with Crippen LogP contribution in [-0.2, 0) is 9.53 Å². The average molecular weight is 324 g/mol. The maximum absolute atomic E-state index is 10.5. The topological polar surface area (TPSA) is 55.8 Å². The predicted molar refractivity (Wildman–Crippen MR) is 67.7 cm³/mol. The number of carboxylic acid groups (broad SMARTS) is 1. The Labute approximate surface area is 113 Å². The molecule has 0 fully saturated rings. The summed E-state index contributed by atoms with van der Waals surface area (Å²) in [6, 6.07) is 5.16. The number of aliphatic carboxylic acids is 1. The van der Waals surface area contributed by atoms with Gasteiger partial charge in [0.25, 0.3) is 0 Å². The summed E-state index contributed by atoms with van der Waals surface area (Å²) >= 11 is 9.09. The lowest BCUT2D eigenvalue weighted by molar-refractivity contribution is -0.149. The van der Waals surface area contributed by atoms with E-state index in [2.05, 4.69) is 15.9 Å². The van der Waals surface area contributed by atoms with Crippen molar-refractivity contribution in [3.05, 3.63) is 27.7 Å². The maximum Gasteiger partial charge on any atom is 0.332 e. The molecule has 0 aliphatic carbocycles. The molecule has 4 nitrogen and oxygen atoms in total. The molecule has 94 valence electrons. The van der Waals surface area contributed by atoms with E-state index >= 15 is 0 Å². The summed E-state index contributed by atoms with van der Waals surface area (Å²) in [7, 11) is 0. The third-order valence-corrected chi connectivity index (χ3v) is 2.81. The van der Waals surface area contributed by atoms with E-state index in [1.807, 2.05) is 0 Å². The van der Waals surface area contributed by atoms with Gasteiger partial charge in [-0.05, 0) is 41.1 Å². The van der Waals surface area contributed by atoms with Crippen molar-refractivity contribution < 1.29 is 19.4 Å². The second-order valence-corrected chi connectivity index (χ2v) is 4.57. The van der Waals surface area contributed by atoms with Crippen molar-refractivity contribution in [2.75, 3.05) is 13.2 Å². The molecule has 0 unspecified atom stereocenters. The van der Waals surface area contributed by atoms with Gasteiger partial charge in [0.1, 0.15) is 12.4 Å². The van der Waals surface area contributed by atoms with E-state index < -0.39 is 12.1 Å². The molecule has 1 N–H and O–H groups in total. The average Bonchev–Trinajstić information content (AvgIpc) is 2.26. The molecular weight excluding hydrogens is 311 g/mol. The number of halogens is 2. The van der Waals surface area contributed by atoms with Crippen molar-refractivity contribution in [2.24, 2.45) is 0 Å². The molecule has 0 aromatic heterocycles. The molecule has 0 aliphatic rings. The van der Waals surface area contributed by atoms with Gasteiger partial charge in [-0.3, -0.25) is 0 Å². The summed E-state index contributed by atoms with van der Waals surface area (Å²) in [6.07, 6.45) is -0.827. The number of benzene rings is 1. The van der Waals surface area contributed by atoms with Gasteiger partial charge >= 0.3 is 5.97 Å². The van der Waals surface area contributed by atoms with Crippen LogP contribution in [0.5, 0.6) is 5.75 Å². The first-order chi connectivity index (χ1) is 8.00. The summed E-state index contributed by atoms with van der Waals surface area (Å²) in [6.45, 7) is 1.96. The molecule has 0 bridgehead atoms. The predicted octanol–water partition coefficient (Wildman–Crippen LogP) is 2.97. The van der Waals surface area contributed by atoms with E-state index in [-0.39, 0.29) is 13.2 Å². The molecule has 0 saturated heterocycles. The summed E-state index contributed by atoms with van der Waals surface area (Å²) in [5, 5.41) is 9.20. The van der Waals surface area contributed by atoms with Crippen LogP contribution in [0.4, 0.5) is 0 Å². The second-order valence-electron chi connectivity index (χ2n) is 3.27. The number of hydrogen-bond donors (Lipinski definition) is 1. The first-order valence-corrected chi connectivity index (χ1v) is 6.10. The normalized spacial score (nSPS) is 12.2. The fourth-order valence-corrected chi connectivity index (χ4v) is 1.84. The molecule has 0 saturated carbocycles. The van der Waals surface area contributed by atoms with Crippen LogP contribution in [0.25, 0.3) is 0 Å². The second kappa shape index (κ2) is 6.83. The standard InChI is InChI=1S/C11H12BrClO4/c1-7(11(14)15)16-4-5-17-10-3-2-8(13)6-9(10)12/h2-3,6-7H,4-5H2,1H3,(H,14,15)/t7-/m0/s1. The Kier molecular flexibility index (Phi) is 5.74. The number of rotatable bonds is 6. The van der Waals surface area contributed by atoms with E-state index in [1.54, 1.807) is 18.2 Å². The molecule has 6 heteroatoms. The number of hydrogen-bond acceptors (Lipinski definition) is 3. The zero-order valence-electron chi connectivity index (χ0n) is 9.15. The third-order valence-electron chi connectivity index (χ3n) is 1.95. The van der Waals surface area contributed by atoms with Gasteiger partial charge in [0.15, 0.2) is 6.10 Å². The van der Waals surface area contributed by atoms with Gasteiger partial charge in [-0.1, -0.05) is 11.6 Å². The molecule has 0 spiro atoms. The van der Waals surface area contributed by atoms with Crippen LogP contribution >= 0.6 is 27.5 Å². The van der Waals surface area contributed by atoms with Crippen molar-refractivity contribution in [1.82, 2.24) is 0 Å². The van der Waals surface area contributed by atoms with Gasteiger partial charge in [-0.2, -0.15) is 0 Å². The molecule has 0 aliphatic heterocycles. The monoisotopic (exact) mass is 322 g/mol. The van der Waals surface area contributed by atoms with Gasteiger partial charge in [0, 0.05) is 5.02 Å². The van der Waals surface area contributed by atoms with E-state index in [4.69, 9.17) is 26.2 Å². The highest BCUT2D eigenvalue weighted by Gasteiger charge is 2.10. The molecule has 1 rings (SSSR count). The summed E-state index contributed by atoms with van der Waals surface area (Å²) in [5.74, 6) is -0.348. The molecule has 0 amide bonds. The van der Waals surface area contributed by atoms with Gasteiger partial charge < -0.3 is 14.6 Å². The van der Waals surface area contributed by atoms with Crippen LogP contribution in [0.15, 0.2) is 22.7 Å². The van der Waals surface area contributed by atoms with Gasteiger partial charge in [0.2, 0.25) is 0 Å². The molecule has 1 aromatic rings. The van der Waals surface area contributed by atoms with Crippen LogP contribution in [0.3, 0.4) is 0 Å². The number of carboxylic acids is 1. The molecule has 0 heterocycles. The SMILES string of the molecule is C[C@H](OCCOc1ccc(Cl)cc1Br)C(=O)O. The van der Waals surface area contributed by atoms with E-state index in [0.29, 0.717) is 10.8 Å². The summed E-state index contributed by atoms with van der Waals surface area (Å²) in [5.41, 5.74) is 0. The summed E-state index contributed by atoms with van der Waals surface area (Å²) in [4.78, 5) is 10.5. The quantitative estimate of drug-likeness (QED) is 0.818. The largest absolute Gasteiger partial charge is 0.490 e. The highest BCUT2D eigenvalue weighted by molar-refractivity contribution is 9.10. The van der Waals surface area contributed by atoms with Crippen molar-refractivity contribution in [2.45, 2.75) is 13.0 Å². The van der Waals surface area contributed by atoms with Crippen LogP contribution < -0.4 is 4.74 Å². The van der Waals surface area contributed by atoms with E-state index in [1.165, 1.54) is 6.92 Å². The first-order valence-electron chi connectivity index (χ1n) is 4.93. The lowest BCUT2D eigenvalue weighted by atomic mass is 10.3. The number of carbonyl (C=O) groups is 1. The van der Waals surface area contributed by atoms with Crippen LogP contribution in [0.1, 0.15) is 6.92 Å². The third kappa shape index (κ3) is 4.93. The van der Waals surface area contributed by atoms with E-state index in [0.717, 1.165) is 4.47 Å². The van der Waals surface area contributed by atoms with Gasteiger partial charge in [0.05, 0.1) is 11.1 Å². The van der Waals surface area contributed by atoms with Crippen LogP contribution in [0, 0.1) is 0 Å². The molecule has 0 radical (unpaired) electrons. The fourth-order valence-electron chi connectivity index (χ4n) is 1.04. The Morgan fingerprint density at radius 3 is 2.82 bits per heavy atom. The number of ether oxygens (including phenoxy) is 2. The van der Waals surface area contributed by atoms with Crippen LogP contribution in [-0.4, -0.2) is 30.4 Å². The minimum atomic E-state index is -0.988. The zero-order chi connectivity index (χ0) is 12.8. The minimum absolute atomic E-state index is 0.211. The van der Waals surface area contributed by atoms with Crippen molar-refractivity contribution in [3.8, 4) is 5.75 Å². The van der Waals surface area contributed by atoms with Gasteiger partial charge in [-0.25, -0.2) is 4.79 Å². The molecule has 1 aromatic carbocycles. The van der Waals surface area contributed by atoms with Crippen molar-refractivity contribution >= 4 is 33.5 Å². The Hall–Kier alpha value is -0.780. The molecular formula is C11H12BrClO4. The molecule has 1 atom stereocenters. The Balaban J connectivity index is 2.34. The minimum Gasteiger partial charge on any atom is -0.490 e. The lowest BCUT2D eigenvalue weighted by Gasteiger charge is -2.10. The molecule has 17 heavy (non-hydrogen) atoms. The van der Waals surface area contributed by atoms with Gasteiger partial charge in [-0.15, -0.1) is 0 Å².